The summed E-state index contributed by atoms with van der Waals surface area (Å²) in [5, 5.41) is 3.22. The van der Waals surface area contributed by atoms with Crippen LogP contribution in [0.1, 0.15) is 30.9 Å². The lowest BCUT2D eigenvalue weighted by Crippen LogP contribution is -2.24. The number of hydrogen-bond acceptors (Lipinski definition) is 2. The topological polar surface area (TPSA) is 59.6 Å². The van der Waals surface area contributed by atoms with Gasteiger partial charge in [0.1, 0.15) is 0 Å². The predicted molar refractivity (Wildman–Crippen MR) is 88.8 cm³/mol. The third-order valence-electron chi connectivity index (χ3n) is 3.52. The van der Waals surface area contributed by atoms with Crippen molar-refractivity contribution in [3.8, 4) is 0 Å². The van der Waals surface area contributed by atoms with Gasteiger partial charge in [-0.05, 0) is 49.8 Å². The zero-order chi connectivity index (χ0) is 15.1. The molecule has 0 amide bonds. The van der Waals surface area contributed by atoms with E-state index in [0.717, 1.165) is 24.1 Å². The summed E-state index contributed by atoms with van der Waals surface area (Å²) in [6.45, 7) is 7.42. The Hall–Kier alpha value is -1.81. The quantitative estimate of drug-likeness (QED) is 0.366. The summed E-state index contributed by atoms with van der Waals surface area (Å²) >= 11 is 0. The van der Waals surface area contributed by atoms with Gasteiger partial charge >= 0.3 is 0 Å². The molecule has 4 heteroatoms. The van der Waals surface area contributed by atoms with Crippen molar-refractivity contribution in [3.05, 3.63) is 41.5 Å². The number of benzene rings is 1. The largest absolute Gasteiger partial charge is 0.375 e. The van der Waals surface area contributed by atoms with Crippen molar-refractivity contribution in [2.75, 3.05) is 25.1 Å². The van der Waals surface area contributed by atoms with Crippen molar-refractivity contribution in [1.29, 1.82) is 0 Å². The zero-order valence-electron chi connectivity index (χ0n) is 12.8. The molecule has 0 spiro atoms. The fourth-order valence-corrected chi connectivity index (χ4v) is 2.55. The van der Waals surface area contributed by atoms with E-state index in [1.807, 2.05) is 6.92 Å². The molecule has 0 saturated carbocycles. The van der Waals surface area contributed by atoms with E-state index in [9.17, 15) is 0 Å². The third-order valence-corrected chi connectivity index (χ3v) is 3.52. The Labute approximate surface area is 127 Å². The average Bonchev–Trinajstić information content (AvgIpc) is 2.47. The summed E-state index contributed by atoms with van der Waals surface area (Å²) in [6, 6.07) is 6.36. The second-order valence-electron chi connectivity index (χ2n) is 5.55. The Kier molecular flexibility index (Phi) is 5.81. The first-order valence-electron chi connectivity index (χ1n) is 7.56. The van der Waals surface area contributed by atoms with E-state index in [-0.39, 0.29) is 0 Å². The molecule has 0 saturated heterocycles. The fourth-order valence-electron chi connectivity index (χ4n) is 2.55. The number of anilines is 1. The van der Waals surface area contributed by atoms with Gasteiger partial charge in [0.25, 0.3) is 0 Å². The minimum absolute atomic E-state index is 0.452. The van der Waals surface area contributed by atoms with Gasteiger partial charge in [-0.3, -0.25) is 4.99 Å². The van der Waals surface area contributed by atoms with E-state index in [2.05, 4.69) is 35.1 Å². The van der Waals surface area contributed by atoms with Crippen molar-refractivity contribution >= 4 is 11.6 Å². The average molecular weight is 287 g/mol. The van der Waals surface area contributed by atoms with Gasteiger partial charge in [-0.1, -0.05) is 24.3 Å². The Balaban J connectivity index is 1.87. The van der Waals surface area contributed by atoms with Crippen molar-refractivity contribution in [3.63, 3.8) is 0 Å². The SMILES string of the molecule is C=C(C)COCCN=C(N)Nc1cccc2c1CCCC2. The molecule has 1 aliphatic rings. The lowest BCUT2D eigenvalue weighted by Gasteiger charge is -2.19. The van der Waals surface area contributed by atoms with E-state index < -0.39 is 0 Å². The monoisotopic (exact) mass is 287 g/mol. The molecule has 1 aromatic carbocycles. The maximum absolute atomic E-state index is 5.95. The Morgan fingerprint density at radius 2 is 2.19 bits per heavy atom. The van der Waals surface area contributed by atoms with Crippen LogP contribution in [0.15, 0.2) is 35.3 Å². The Morgan fingerprint density at radius 3 is 3.00 bits per heavy atom. The number of hydrogen-bond donors (Lipinski definition) is 2. The van der Waals surface area contributed by atoms with Crippen molar-refractivity contribution in [1.82, 2.24) is 0 Å². The number of nitrogens with one attached hydrogen (secondary N) is 1. The van der Waals surface area contributed by atoms with Crippen LogP contribution in [-0.4, -0.2) is 25.7 Å². The number of guanidine groups is 1. The highest BCUT2D eigenvalue weighted by molar-refractivity contribution is 5.93. The van der Waals surface area contributed by atoms with Crippen LogP contribution in [0.5, 0.6) is 0 Å². The number of ether oxygens (including phenoxy) is 1. The highest BCUT2D eigenvalue weighted by atomic mass is 16.5. The number of aryl methyl sites for hydroxylation is 1. The summed E-state index contributed by atoms with van der Waals surface area (Å²) < 4.78 is 5.40. The first kappa shape index (κ1) is 15.6. The summed E-state index contributed by atoms with van der Waals surface area (Å²) in [7, 11) is 0. The van der Waals surface area contributed by atoms with Crippen molar-refractivity contribution < 1.29 is 4.74 Å². The molecule has 2 rings (SSSR count). The second-order valence-corrected chi connectivity index (χ2v) is 5.55. The minimum atomic E-state index is 0.452. The molecule has 0 bridgehead atoms. The van der Waals surface area contributed by atoms with Gasteiger partial charge in [-0.15, -0.1) is 0 Å². The first-order chi connectivity index (χ1) is 10.2. The highest BCUT2D eigenvalue weighted by Gasteiger charge is 2.12. The van der Waals surface area contributed by atoms with E-state index in [1.54, 1.807) is 0 Å². The third kappa shape index (κ3) is 4.90. The molecule has 4 nitrogen and oxygen atoms in total. The lowest BCUT2D eigenvalue weighted by molar-refractivity contribution is 0.165. The summed E-state index contributed by atoms with van der Waals surface area (Å²) in [5.41, 5.74) is 10.9. The predicted octanol–water partition coefficient (Wildman–Crippen LogP) is 2.88. The minimum Gasteiger partial charge on any atom is -0.375 e. The normalized spacial score (nSPS) is 14.6. The van der Waals surface area contributed by atoms with Gasteiger partial charge < -0.3 is 15.8 Å². The number of fused-ring (bicyclic) bond motifs is 1. The number of nitrogens with two attached hydrogens (primary N) is 1. The molecule has 1 aromatic rings. The fraction of sp³-hybridized carbons (Fsp3) is 0.471. The van der Waals surface area contributed by atoms with Crippen LogP contribution in [0.4, 0.5) is 5.69 Å². The maximum atomic E-state index is 5.95. The van der Waals surface area contributed by atoms with Gasteiger partial charge in [0.2, 0.25) is 0 Å². The molecule has 0 aliphatic heterocycles. The molecule has 0 atom stereocenters. The standard InChI is InChI=1S/C17H25N3O/c1-13(2)12-21-11-10-19-17(18)20-16-9-5-7-14-6-3-4-8-15(14)16/h5,7,9H,1,3-4,6,8,10-12H2,2H3,(H3,18,19,20). The van der Waals surface area contributed by atoms with Gasteiger partial charge in [0.15, 0.2) is 5.96 Å². The first-order valence-corrected chi connectivity index (χ1v) is 7.56. The Morgan fingerprint density at radius 1 is 1.38 bits per heavy atom. The van der Waals surface area contributed by atoms with E-state index in [4.69, 9.17) is 10.5 Å². The van der Waals surface area contributed by atoms with Crippen LogP contribution in [-0.2, 0) is 17.6 Å². The summed E-state index contributed by atoms with van der Waals surface area (Å²) in [5.74, 6) is 0.452. The van der Waals surface area contributed by atoms with Crippen LogP contribution in [0.3, 0.4) is 0 Å². The molecule has 21 heavy (non-hydrogen) atoms. The van der Waals surface area contributed by atoms with Gasteiger partial charge in [-0.25, -0.2) is 0 Å². The molecule has 0 aromatic heterocycles. The van der Waals surface area contributed by atoms with Gasteiger partial charge in [0, 0.05) is 5.69 Å². The number of aliphatic imine (C=N–C) groups is 1. The summed E-state index contributed by atoms with van der Waals surface area (Å²) in [6.07, 6.45) is 4.81. The van der Waals surface area contributed by atoms with Crippen LogP contribution in [0, 0.1) is 0 Å². The molecule has 114 valence electrons. The van der Waals surface area contributed by atoms with Crippen LogP contribution in [0.25, 0.3) is 0 Å². The van der Waals surface area contributed by atoms with Crippen molar-refractivity contribution in [2.45, 2.75) is 32.6 Å². The molecule has 0 unspecified atom stereocenters. The molecular formula is C17H25N3O. The summed E-state index contributed by atoms with van der Waals surface area (Å²) in [4.78, 5) is 4.29. The smallest absolute Gasteiger partial charge is 0.193 e. The molecule has 0 radical (unpaired) electrons. The number of rotatable bonds is 6. The van der Waals surface area contributed by atoms with Crippen LogP contribution < -0.4 is 11.1 Å². The molecular weight excluding hydrogens is 262 g/mol. The van der Waals surface area contributed by atoms with Gasteiger partial charge in [-0.2, -0.15) is 0 Å². The molecule has 1 aliphatic carbocycles. The maximum Gasteiger partial charge on any atom is 0.193 e. The van der Waals surface area contributed by atoms with Gasteiger partial charge in [0.05, 0.1) is 19.8 Å². The lowest BCUT2D eigenvalue weighted by atomic mass is 9.90. The molecule has 0 heterocycles. The molecule has 0 fully saturated rings. The number of nitrogens with zero attached hydrogens (tertiary/aromatic N) is 1. The Bertz CT molecular complexity index is 523. The highest BCUT2D eigenvalue weighted by Crippen LogP contribution is 2.27. The van der Waals surface area contributed by atoms with E-state index in [0.29, 0.717) is 25.7 Å². The van der Waals surface area contributed by atoms with Crippen LogP contribution in [0.2, 0.25) is 0 Å². The zero-order valence-corrected chi connectivity index (χ0v) is 12.8. The van der Waals surface area contributed by atoms with Crippen LogP contribution >= 0.6 is 0 Å². The second kappa shape index (κ2) is 7.84. The van der Waals surface area contributed by atoms with Crippen molar-refractivity contribution in [2.24, 2.45) is 10.7 Å². The van der Waals surface area contributed by atoms with E-state index in [1.165, 1.54) is 24.0 Å². The molecule has 3 N–H and O–H groups in total. The van der Waals surface area contributed by atoms with E-state index >= 15 is 0 Å².